The standard InChI is InChI=1S/C22H19N3O/c23-19(15-21(26)16-9-3-1-4-10-16)22(24)18-13-7-8-14-20(18)25-17-11-5-2-6-12-17/h1-15,23-26H/b21-15-,23-19?,24-22?. The highest BCUT2D eigenvalue weighted by Crippen LogP contribution is 2.22. The Hall–Kier alpha value is -3.66. The molecule has 3 aromatic carbocycles. The summed E-state index contributed by atoms with van der Waals surface area (Å²) in [4.78, 5) is 0. The Balaban J connectivity index is 1.85. The van der Waals surface area contributed by atoms with Gasteiger partial charge in [0.1, 0.15) is 5.76 Å². The SMILES string of the molecule is N=C(/C=C(\O)c1ccccc1)C(=N)c1ccccc1Nc1ccccc1. The molecule has 0 bridgehead atoms. The van der Waals surface area contributed by atoms with Crippen LogP contribution in [0, 0.1) is 10.8 Å². The van der Waals surface area contributed by atoms with Gasteiger partial charge in [0.2, 0.25) is 0 Å². The molecule has 0 aliphatic rings. The summed E-state index contributed by atoms with van der Waals surface area (Å²) < 4.78 is 0. The van der Waals surface area contributed by atoms with Crippen molar-refractivity contribution in [1.29, 1.82) is 10.8 Å². The number of rotatable bonds is 6. The number of aliphatic hydroxyl groups is 1. The molecule has 0 heterocycles. The van der Waals surface area contributed by atoms with Gasteiger partial charge in [-0.05, 0) is 18.2 Å². The van der Waals surface area contributed by atoms with Crippen molar-refractivity contribution >= 4 is 28.6 Å². The molecule has 3 rings (SSSR count). The largest absolute Gasteiger partial charge is 0.507 e. The molecule has 0 saturated heterocycles. The van der Waals surface area contributed by atoms with Crippen LogP contribution in [-0.4, -0.2) is 16.5 Å². The number of allylic oxidation sites excluding steroid dienone is 1. The van der Waals surface area contributed by atoms with Crippen LogP contribution in [0.25, 0.3) is 5.76 Å². The zero-order valence-electron chi connectivity index (χ0n) is 14.1. The van der Waals surface area contributed by atoms with Crippen molar-refractivity contribution in [3.05, 3.63) is 102 Å². The Morgan fingerprint density at radius 1 is 0.769 bits per heavy atom. The maximum absolute atomic E-state index is 10.2. The van der Waals surface area contributed by atoms with E-state index in [2.05, 4.69) is 5.32 Å². The lowest BCUT2D eigenvalue weighted by Crippen LogP contribution is -2.13. The van der Waals surface area contributed by atoms with Crippen LogP contribution in [0.3, 0.4) is 0 Å². The number of hydrogen-bond donors (Lipinski definition) is 4. The van der Waals surface area contributed by atoms with E-state index in [1.54, 1.807) is 18.2 Å². The summed E-state index contributed by atoms with van der Waals surface area (Å²) in [6, 6.07) is 26.0. The van der Waals surface area contributed by atoms with Crippen LogP contribution in [0.15, 0.2) is 91.0 Å². The summed E-state index contributed by atoms with van der Waals surface area (Å²) in [5.41, 5.74) is 2.82. The molecular formula is C22H19N3O. The van der Waals surface area contributed by atoms with Crippen LogP contribution in [0.1, 0.15) is 11.1 Å². The Morgan fingerprint density at radius 2 is 1.35 bits per heavy atom. The predicted octanol–water partition coefficient (Wildman–Crippen LogP) is 5.42. The third-order valence-electron chi connectivity index (χ3n) is 3.87. The van der Waals surface area contributed by atoms with Gasteiger partial charge in [-0.3, -0.25) is 10.8 Å². The van der Waals surface area contributed by atoms with Crippen molar-refractivity contribution in [3.8, 4) is 0 Å². The quantitative estimate of drug-likeness (QED) is 0.357. The second kappa shape index (κ2) is 7.94. The minimum atomic E-state index is -0.0614. The first-order valence-corrected chi connectivity index (χ1v) is 8.20. The average molecular weight is 341 g/mol. The molecule has 0 aromatic heterocycles. The second-order valence-corrected chi connectivity index (χ2v) is 5.72. The summed E-state index contributed by atoms with van der Waals surface area (Å²) in [5, 5.41) is 30.0. The van der Waals surface area contributed by atoms with Crippen LogP contribution >= 0.6 is 0 Å². The van der Waals surface area contributed by atoms with Gasteiger partial charge in [-0.2, -0.15) is 0 Å². The average Bonchev–Trinajstić information content (AvgIpc) is 2.69. The predicted molar refractivity (Wildman–Crippen MR) is 108 cm³/mol. The monoisotopic (exact) mass is 341 g/mol. The molecule has 3 aromatic rings. The highest BCUT2D eigenvalue weighted by atomic mass is 16.3. The Bertz CT molecular complexity index is 947. The van der Waals surface area contributed by atoms with Gasteiger partial charge in [-0.25, -0.2) is 0 Å². The molecular weight excluding hydrogens is 322 g/mol. The zero-order valence-corrected chi connectivity index (χ0v) is 14.1. The van der Waals surface area contributed by atoms with Gasteiger partial charge in [-0.1, -0.05) is 66.7 Å². The maximum atomic E-state index is 10.2. The molecule has 0 amide bonds. The first-order valence-electron chi connectivity index (χ1n) is 8.20. The van der Waals surface area contributed by atoms with Gasteiger partial charge in [0.05, 0.1) is 11.4 Å². The van der Waals surface area contributed by atoms with E-state index in [4.69, 9.17) is 10.8 Å². The lowest BCUT2D eigenvalue weighted by atomic mass is 10.0. The number of anilines is 2. The Kier molecular flexibility index (Phi) is 5.25. The topological polar surface area (TPSA) is 80.0 Å². The Labute approximate surface area is 152 Å². The Morgan fingerprint density at radius 3 is 2.04 bits per heavy atom. The number of para-hydroxylation sites is 2. The number of nitrogens with one attached hydrogen (secondary N) is 3. The fourth-order valence-electron chi connectivity index (χ4n) is 2.53. The van der Waals surface area contributed by atoms with Gasteiger partial charge in [0, 0.05) is 28.6 Å². The van der Waals surface area contributed by atoms with Crippen LogP contribution in [-0.2, 0) is 0 Å². The number of benzene rings is 3. The molecule has 128 valence electrons. The third kappa shape index (κ3) is 4.05. The normalized spacial score (nSPS) is 11.0. The molecule has 0 aliphatic heterocycles. The highest BCUT2D eigenvalue weighted by Gasteiger charge is 2.12. The summed E-state index contributed by atoms with van der Waals surface area (Å²) in [6.07, 6.45) is 1.30. The lowest BCUT2D eigenvalue weighted by Gasteiger charge is -2.13. The first-order chi connectivity index (χ1) is 12.6. The molecule has 4 nitrogen and oxygen atoms in total. The van der Waals surface area contributed by atoms with Crippen molar-refractivity contribution < 1.29 is 5.11 Å². The van der Waals surface area contributed by atoms with Gasteiger partial charge in [0.15, 0.2) is 0 Å². The van der Waals surface area contributed by atoms with Crippen LogP contribution in [0.4, 0.5) is 11.4 Å². The van der Waals surface area contributed by atoms with Crippen molar-refractivity contribution in [1.82, 2.24) is 0 Å². The van der Waals surface area contributed by atoms with Crippen molar-refractivity contribution in [2.24, 2.45) is 0 Å². The van der Waals surface area contributed by atoms with Crippen LogP contribution in [0.5, 0.6) is 0 Å². The lowest BCUT2D eigenvalue weighted by molar-refractivity contribution is 0.512. The van der Waals surface area contributed by atoms with E-state index >= 15 is 0 Å². The summed E-state index contributed by atoms with van der Waals surface area (Å²) in [7, 11) is 0. The third-order valence-corrected chi connectivity index (χ3v) is 3.87. The van der Waals surface area contributed by atoms with E-state index < -0.39 is 0 Å². The molecule has 0 fully saturated rings. The summed E-state index contributed by atoms with van der Waals surface area (Å²) >= 11 is 0. The highest BCUT2D eigenvalue weighted by molar-refractivity contribution is 6.51. The van der Waals surface area contributed by atoms with E-state index in [0.717, 1.165) is 11.4 Å². The summed E-state index contributed by atoms with van der Waals surface area (Å²) in [6.45, 7) is 0. The zero-order chi connectivity index (χ0) is 18.4. The van der Waals surface area contributed by atoms with E-state index in [1.807, 2.05) is 66.7 Å². The summed E-state index contributed by atoms with van der Waals surface area (Å²) in [5.74, 6) is -0.0335. The molecule has 0 spiro atoms. The smallest absolute Gasteiger partial charge is 0.125 e. The molecule has 0 radical (unpaired) electrons. The minimum Gasteiger partial charge on any atom is -0.507 e. The second-order valence-electron chi connectivity index (χ2n) is 5.72. The van der Waals surface area contributed by atoms with Gasteiger partial charge < -0.3 is 10.4 Å². The van der Waals surface area contributed by atoms with Crippen molar-refractivity contribution in [2.45, 2.75) is 0 Å². The molecule has 26 heavy (non-hydrogen) atoms. The fraction of sp³-hybridized carbons (Fsp3) is 0. The van der Waals surface area contributed by atoms with Gasteiger partial charge >= 0.3 is 0 Å². The maximum Gasteiger partial charge on any atom is 0.125 e. The van der Waals surface area contributed by atoms with Crippen molar-refractivity contribution in [3.63, 3.8) is 0 Å². The van der Waals surface area contributed by atoms with Crippen LogP contribution in [0.2, 0.25) is 0 Å². The fourth-order valence-corrected chi connectivity index (χ4v) is 2.53. The number of aliphatic hydroxyl groups excluding tert-OH is 1. The first kappa shape index (κ1) is 17.2. The molecule has 0 atom stereocenters. The van der Waals surface area contributed by atoms with Crippen LogP contribution < -0.4 is 5.32 Å². The number of hydrogen-bond acceptors (Lipinski definition) is 4. The van der Waals surface area contributed by atoms with Gasteiger partial charge in [0.25, 0.3) is 0 Å². The molecule has 4 N–H and O–H groups in total. The van der Waals surface area contributed by atoms with E-state index in [1.165, 1.54) is 6.08 Å². The minimum absolute atomic E-state index is 0.0335. The van der Waals surface area contributed by atoms with Crippen molar-refractivity contribution in [2.75, 3.05) is 5.32 Å². The molecule has 4 heteroatoms. The van der Waals surface area contributed by atoms with E-state index in [-0.39, 0.29) is 17.2 Å². The molecule has 0 unspecified atom stereocenters. The van der Waals surface area contributed by atoms with Gasteiger partial charge in [-0.15, -0.1) is 0 Å². The molecule has 0 aliphatic carbocycles. The van der Waals surface area contributed by atoms with E-state index in [9.17, 15) is 5.11 Å². The van der Waals surface area contributed by atoms with E-state index in [0.29, 0.717) is 11.1 Å². The molecule has 0 saturated carbocycles.